The number of nitrogens with zero attached hydrogens (tertiary/aromatic N) is 1. The largest absolute Gasteiger partial charge is 0.325 e. The Balaban J connectivity index is 2.41. The Morgan fingerprint density at radius 1 is 1.33 bits per heavy atom. The number of nitrogens with two attached hydrogens (primary N) is 1. The van der Waals surface area contributed by atoms with Gasteiger partial charge < -0.3 is 5.73 Å². The SMILES string of the molecule is Cc1ccc(-c2nc(CN)c(Br)s2)cc1. The molecule has 0 bridgehead atoms. The quantitative estimate of drug-likeness (QED) is 0.918. The van der Waals surface area contributed by atoms with E-state index < -0.39 is 0 Å². The maximum absolute atomic E-state index is 5.58. The Hall–Kier alpha value is -0.710. The molecule has 0 unspecified atom stereocenters. The third-order valence-electron chi connectivity index (χ3n) is 2.14. The van der Waals surface area contributed by atoms with E-state index in [-0.39, 0.29) is 0 Å². The zero-order valence-electron chi connectivity index (χ0n) is 8.33. The third-order valence-corrected chi connectivity index (χ3v) is 4.02. The molecule has 78 valence electrons. The highest BCUT2D eigenvalue weighted by Crippen LogP contribution is 2.31. The Bertz CT molecular complexity index is 462. The highest BCUT2D eigenvalue weighted by atomic mass is 79.9. The maximum atomic E-state index is 5.58. The third kappa shape index (κ3) is 2.27. The van der Waals surface area contributed by atoms with Crippen molar-refractivity contribution in [3.63, 3.8) is 0 Å². The van der Waals surface area contributed by atoms with Crippen LogP contribution in [-0.4, -0.2) is 4.98 Å². The summed E-state index contributed by atoms with van der Waals surface area (Å²) in [4.78, 5) is 4.47. The first-order valence-electron chi connectivity index (χ1n) is 4.63. The fourth-order valence-electron chi connectivity index (χ4n) is 1.28. The van der Waals surface area contributed by atoms with E-state index in [1.165, 1.54) is 5.56 Å². The lowest BCUT2D eigenvalue weighted by molar-refractivity contribution is 1.01. The van der Waals surface area contributed by atoms with Crippen molar-refractivity contribution in [2.45, 2.75) is 13.5 Å². The van der Waals surface area contributed by atoms with Crippen LogP contribution >= 0.6 is 27.3 Å². The summed E-state index contributed by atoms with van der Waals surface area (Å²) in [5.41, 5.74) is 8.91. The average Bonchev–Trinajstić information content (AvgIpc) is 2.61. The van der Waals surface area contributed by atoms with Crippen LogP contribution in [0, 0.1) is 6.92 Å². The molecule has 0 aliphatic heterocycles. The summed E-state index contributed by atoms with van der Waals surface area (Å²) >= 11 is 5.09. The molecule has 0 fully saturated rings. The highest BCUT2D eigenvalue weighted by Gasteiger charge is 2.08. The van der Waals surface area contributed by atoms with Gasteiger partial charge in [0.05, 0.1) is 9.48 Å². The summed E-state index contributed by atoms with van der Waals surface area (Å²) < 4.78 is 1.03. The topological polar surface area (TPSA) is 38.9 Å². The minimum Gasteiger partial charge on any atom is -0.325 e. The first-order chi connectivity index (χ1) is 7.20. The first-order valence-corrected chi connectivity index (χ1v) is 6.24. The van der Waals surface area contributed by atoms with E-state index >= 15 is 0 Å². The number of hydrogen-bond donors (Lipinski definition) is 1. The van der Waals surface area contributed by atoms with Crippen molar-refractivity contribution in [2.75, 3.05) is 0 Å². The Morgan fingerprint density at radius 2 is 2.00 bits per heavy atom. The van der Waals surface area contributed by atoms with Crippen LogP contribution in [0.5, 0.6) is 0 Å². The molecular formula is C11H11BrN2S. The van der Waals surface area contributed by atoms with Crippen molar-refractivity contribution in [1.82, 2.24) is 4.98 Å². The summed E-state index contributed by atoms with van der Waals surface area (Å²) in [5, 5.41) is 1.02. The van der Waals surface area contributed by atoms with Gasteiger partial charge in [0.25, 0.3) is 0 Å². The summed E-state index contributed by atoms with van der Waals surface area (Å²) in [5.74, 6) is 0. The van der Waals surface area contributed by atoms with E-state index in [1.54, 1.807) is 11.3 Å². The number of thiazole rings is 1. The van der Waals surface area contributed by atoms with E-state index in [9.17, 15) is 0 Å². The second-order valence-electron chi connectivity index (χ2n) is 3.31. The Morgan fingerprint density at radius 3 is 2.53 bits per heavy atom. The Labute approximate surface area is 101 Å². The molecule has 0 saturated carbocycles. The van der Waals surface area contributed by atoms with Crippen LogP contribution in [-0.2, 0) is 6.54 Å². The van der Waals surface area contributed by atoms with Crippen molar-refractivity contribution < 1.29 is 0 Å². The maximum Gasteiger partial charge on any atom is 0.124 e. The van der Waals surface area contributed by atoms with Gasteiger partial charge in [-0.3, -0.25) is 0 Å². The fraction of sp³-hybridized carbons (Fsp3) is 0.182. The summed E-state index contributed by atoms with van der Waals surface area (Å²) in [6.07, 6.45) is 0. The van der Waals surface area contributed by atoms with E-state index in [2.05, 4.69) is 52.1 Å². The van der Waals surface area contributed by atoms with Crippen LogP contribution in [0.25, 0.3) is 10.6 Å². The van der Waals surface area contributed by atoms with E-state index in [0.29, 0.717) is 6.54 Å². The Kier molecular flexibility index (Phi) is 3.19. The average molecular weight is 283 g/mol. The zero-order chi connectivity index (χ0) is 10.8. The number of halogens is 1. The van der Waals surface area contributed by atoms with Crippen LogP contribution in [0.3, 0.4) is 0 Å². The van der Waals surface area contributed by atoms with Crippen molar-refractivity contribution in [3.05, 3.63) is 39.3 Å². The van der Waals surface area contributed by atoms with E-state index in [1.807, 2.05) is 0 Å². The van der Waals surface area contributed by atoms with Gasteiger partial charge in [-0.25, -0.2) is 4.98 Å². The van der Waals surface area contributed by atoms with Gasteiger partial charge in [-0.2, -0.15) is 0 Å². The lowest BCUT2D eigenvalue weighted by atomic mass is 10.2. The number of aryl methyl sites for hydroxylation is 1. The molecule has 0 saturated heterocycles. The smallest absolute Gasteiger partial charge is 0.124 e. The van der Waals surface area contributed by atoms with Crippen LogP contribution in [0.2, 0.25) is 0 Å². The van der Waals surface area contributed by atoms with Gasteiger partial charge in [0.15, 0.2) is 0 Å². The molecule has 2 aromatic rings. The summed E-state index contributed by atoms with van der Waals surface area (Å²) in [7, 11) is 0. The number of rotatable bonds is 2. The number of aromatic nitrogens is 1. The molecule has 0 aliphatic rings. The van der Waals surface area contributed by atoms with Crippen molar-refractivity contribution >= 4 is 27.3 Å². The van der Waals surface area contributed by atoms with Crippen molar-refractivity contribution in [2.24, 2.45) is 5.73 Å². The number of benzene rings is 1. The molecule has 15 heavy (non-hydrogen) atoms. The van der Waals surface area contributed by atoms with Gasteiger partial charge in [0.1, 0.15) is 5.01 Å². The van der Waals surface area contributed by atoms with Crippen molar-refractivity contribution in [3.8, 4) is 10.6 Å². The van der Waals surface area contributed by atoms with E-state index in [0.717, 1.165) is 20.1 Å². The summed E-state index contributed by atoms with van der Waals surface area (Å²) in [6, 6.07) is 8.35. The van der Waals surface area contributed by atoms with Gasteiger partial charge >= 0.3 is 0 Å². The van der Waals surface area contributed by atoms with E-state index in [4.69, 9.17) is 5.73 Å². The fourth-order valence-corrected chi connectivity index (χ4v) is 2.82. The lowest BCUT2D eigenvalue weighted by Gasteiger charge is -1.96. The molecule has 0 radical (unpaired) electrons. The molecule has 2 nitrogen and oxygen atoms in total. The zero-order valence-corrected chi connectivity index (χ0v) is 10.7. The molecule has 1 aromatic carbocycles. The minimum absolute atomic E-state index is 0.475. The van der Waals surface area contributed by atoms with Gasteiger partial charge in [0, 0.05) is 12.1 Å². The molecule has 1 aromatic heterocycles. The number of hydrogen-bond acceptors (Lipinski definition) is 3. The standard InChI is InChI=1S/C11H11BrN2S/c1-7-2-4-8(5-3-7)11-14-9(6-13)10(12)15-11/h2-5H,6,13H2,1H3. The normalized spacial score (nSPS) is 10.6. The predicted molar refractivity (Wildman–Crippen MR) is 67.9 cm³/mol. The highest BCUT2D eigenvalue weighted by molar-refractivity contribution is 9.11. The predicted octanol–water partition coefficient (Wildman–Crippen LogP) is 3.34. The van der Waals surface area contributed by atoms with Crippen LogP contribution in [0.15, 0.2) is 28.1 Å². The molecule has 1 heterocycles. The molecule has 4 heteroatoms. The van der Waals surface area contributed by atoms with Gasteiger partial charge in [-0.05, 0) is 22.9 Å². The molecule has 2 N–H and O–H groups in total. The minimum atomic E-state index is 0.475. The molecule has 0 atom stereocenters. The molecule has 0 amide bonds. The van der Waals surface area contributed by atoms with Crippen LogP contribution < -0.4 is 5.73 Å². The molecular weight excluding hydrogens is 272 g/mol. The van der Waals surface area contributed by atoms with Crippen molar-refractivity contribution in [1.29, 1.82) is 0 Å². The van der Waals surface area contributed by atoms with Gasteiger partial charge in [0.2, 0.25) is 0 Å². The molecule has 0 aliphatic carbocycles. The molecule has 0 spiro atoms. The second-order valence-corrected chi connectivity index (χ2v) is 5.63. The van der Waals surface area contributed by atoms with Gasteiger partial charge in [-0.1, -0.05) is 29.8 Å². The molecule has 2 rings (SSSR count). The summed E-state index contributed by atoms with van der Waals surface area (Å²) in [6.45, 7) is 2.55. The second kappa shape index (κ2) is 4.43. The first kappa shape index (κ1) is 10.8. The van der Waals surface area contributed by atoms with Crippen LogP contribution in [0.4, 0.5) is 0 Å². The monoisotopic (exact) mass is 282 g/mol. The lowest BCUT2D eigenvalue weighted by Crippen LogP contribution is -1.96. The van der Waals surface area contributed by atoms with Gasteiger partial charge in [-0.15, -0.1) is 11.3 Å². The van der Waals surface area contributed by atoms with Crippen LogP contribution in [0.1, 0.15) is 11.3 Å².